The van der Waals surface area contributed by atoms with E-state index in [2.05, 4.69) is 10.6 Å². The number of benzene rings is 2. The second kappa shape index (κ2) is 11.9. The van der Waals surface area contributed by atoms with E-state index in [4.69, 9.17) is 16.3 Å². The number of methoxy groups -OCH3 is 1. The van der Waals surface area contributed by atoms with E-state index >= 15 is 0 Å². The minimum Gasteiger partial charge on any atom is -0.497 e. The van der Waals surface area contributed by atoms with Crippen molar-refractivity contribution in [2.45, 2.75) is 37.6 Å². The van der Waals surface area contributed by atoms with Crippen molar-refractivity contribution in [1.82, 2.24) is 14.9 Å². The van der Waals surface area contributed by atoms with Crippen LogP contribution in [0.25, 0.3) is 0 Å². The summed E-state index contributed by atoms with van der Waals surface area (Å²) in [6.45, 7) is 4.96. The molecule has 0 bridgehead atoms. The van der Waals surface area contributed by atoms with Crippen molar-refractivity contribution in [2.75, 3.05) is 26.7 Å². The van der Waals surface area contributed by atoms with Gasteiger partial charge in [0.15, 0.2) is 0 Å². The molecule has 0 aromatic heterocycles. The Morgan fingerprint density at radius 2 is 1.77 bits per heavy atom. The van der Waals surface area contributed by atoms with Crippen LogP contribution in [0.15, 0.2) is 53.4 Å². The molecule has 2 aromatic carbocycles. The van der Waals surface area contributed by atoms with Gasteiger partial charge in [-0.15, -0.1) is 0 Å². The summed E-state index contributed by atoms with van der Waals surface area (Å²) in [7, 11) is -2.15. The maximum atomic E-state index is 13.1. The minimum absolute atomic E-state index is 0.179. The van der Waals surface area contributed by atoms with E-state index in [0.717, 1.165) is 0 Å². The lowest BCUT2D eigenvalue weighted by atomic mass is 9.89. The van der Waals surface area contributed by atoms with Gasteiger partial charge in [-0.05, 0) is 67.1 Å². The fourth-order valence-corrected chi connectivity index (χ4v) is 5.60. The number of piperidine rings is 1. The van der Waals surface area contributed by atoms with Crippen molar-refractivity contribution in [3.8, 4) is 5.75 Å². The normalized spacial score (nSPS) is 16.0. The lowest BCUT2D eigenvalue weighted by molar-refractivity contribution is -0.124. The van der Waals surface area contributed by atoms with Gasteiger partial charge in [0, 0.05) is 30.2 Å². The van der Waals surface area contributed by atoms with Crippen LogP contribution in [0, 0.1) is 11.8 Å². The number of nitrogens with zero attached hydrogens (tertiary/aromatic N) is 1. The molecule has 1 unspecified atom stereocenters. The molecule has 1 atom stereocenters. The van der Waals surface area contributed by atoms with Crippen LogP contribution in [0.3, 0.4) is 0 Å². The molecule has 1 saturated heterocycles. The van der Waals surface area contributed by atoms with E-state index in [-0.39, 0.29) is 41.6 Å². The zero-order valence-corrected chi connectivity index (χ0v) is 21.7. The molecule has 1 aliphatic heterocycles. The molecule has 1 aliphatic rings. The molecule has 3 rings (SSSR count). The number of amides is 2. The Kier molecular flexibility index (Phi) is 9.15. The Hall–Kier alpha value is -2.62. The third-order valence-electron chi connectivity index (χ3n) is 6.01. The molecule has 2 aromatic rings. The number of carbonyl (C=O) groups excluding carboxylic acids is 2. The number of ether oxygens (including phenoxy) is 1. The largest absolute Gasteiger partial charge is 0.497 e. The Morgan fingerprint density at radius 3 is 2.37 bits per heavy atom. The van der Waals surface area contributed by atoms with Crippen molar-refractivity contribution in [1.29, 1.82) is 0 Å². The summed E-state index contributed by atoms with van der Waals surface area (Å²) >= 11 is 5.89. The van der Waals surface area contributed by atoms with Crippen molar-refractivity contribution >= 4 is 33.4 Å². The highest BCUT2D eigenvalue weighted by atomic mass is 35.5. The van der Waals surface area contributed by atoms with Crippen LogP contribution in [0.1, 0.15) is 37.0 Å². The molecule has 190 valence electrons. The van der Waals surface area contributed by atoms with Gasteiger partial charge in [0.05, 0.1) is 12.0 Å². The highest BCUT2D eigenvalue weighted by molar-refractivity contribution is 7.89. The average molecular weight is 522 g/mol. The second-order valence-electron chi connectivity index (χ2n) is 9.02. The van der Waals surface area contributed by atoms with Gasteiger partial charge in [-0.25, -0.2) is 8.42 Å². The molecule has 0 radical (unpaired) electrons. The van der Waals surface area contributed by atoms with Crippen molar-refractivity contribution < 1.29 is 22.7 Å². The molecular weight excluding hydrogens is 490 g/mol. The van der Waals surface area contributed by atoms with Gasteiger partial charge < -0.3 is 15.4 Å². The molecule has 2 N–H and O–H groups in total. The van der Waals surface area contributed by atoms with E-state index in [1.807, 2.05) is 13.8 Å². The maximum absolute atomic E-state index is 13.1. The van der Waals surface area contributed by atoms with E-state index < -0.39 is 16.1 Å². The lowest BCUT2D eigenvalue weighted by Crippen LogP contribution is -2.54. The van der Waals surface area contributed by atoms with Gasteiger partial charge in [-0.3, -0.25) is 9.59 Å². The number of hydrogen-bond acceptors (Lipinski definition) is 5. The van der Waals surface area contributed by atoms with Crippen molar-refractivity contribution in [2.24, 2.45) is 11.8 Å². The van der Waals surface area contributed by atoms with Gasteiger partial charge >= 0.3 is 0 Å². The lowest BCUT2D eigenvalue weighted by Gasteiger charge is -2.35. The van der Waals surface area contributed by atoms with E-state index in [0.29, 0.717) is 35.7 Å². The molecule has 10 heteroatoms. The molecule has 0 saturated carbocycles. The fourth-order valence-electron chi connectivity index (χ4n) is 4.01. The Labute approximate surface area is 212 Å². The zero-order valence-electron chi connectivity index (χ0n) is 20.2. The van der Waals surface area contributed by atoms with Crippen molar-refractivity contribution in [3.05, 3.63) is 59.1 Å². The summed E-state index contributed by atoms with van der Waals surface area (Å²) in [4.78, 5) is 26.2. The number of carbonyl (C=O) groups is 2. The Bertz CT molecular complexity index is 1130. The predicted octanol–water partition coefficient (Wildman–Crippen LogP) is 3.32. The molecular formula is C25H32ClN3O5S. The van der Waals surface area contributed by atoms with E-state index in [1.165, 1.54) is 23.5 Å². The maximum Gasteiger partial charge on any atom is 0.252 e. The third-order valence-corrected chi connectivity index (χ3v) is 8.17. The van der Waals surface area contributed by atoms with Gasteiger partial charge in [-0.2, -0.15) is 4.31 Å². The summed E-state index contributed by atoms with van der Waals surface area (Å²) in [6, 6.07) is 12.0. The Morgan fingerprint density at radius 1 is 1.11 bits per heavy atom. The fraction of sp³-hybridized carbons (Fsp3) is 0.440. The first-order chi connectivity index (χ1) is 16.6. The zero-order chi connectivity index (χ0) is 25.6. The predicted molar refractivity (Wildman–Crippen MR) is 135 cm³/mol. The van der Waals surface area contributed by atoms with Gasteiger partial charge in [-0.1, -0.05) is 31.5 Å². The molecule has 35 heavy (non-hydrogen) atoms. The van der Waals surface area contributed by atoms with Gasteiger partial charge in [0.2, 0.25) is 15.9 Å². The molecule has 2 amide bonds. The van der Waals surface area contributed by atoms with Crippen molar-refractivity contribution in [3.63, 3.8) is 0 Å². The smallest absolute Gasteiger partial charge is 0.252 e. The average Bonchev–Trinajstić information content (AvgIpc) is 2.86. The molecule has 0 spiro atoms. The van der Waals surface area contributed by atoms with Crippen LogP contribution in [-0.2, 0) is 14.8 Å². The first-order valence-corrected chi connectivity index (χ1v) is 13.4. The second-order valence-corrected chi connectivity index (χ2v) is 11.4. The number of nitrogens with one attached hydrogen (secondary N) is 2. The quantitative estimate of drug-likeness (QED) is 0.526. The third kappa shape index (κ3) is 6.96. The van der Waals surface area contributed by atoms with Crippen LogP contribution < -0.4 is 15.4 Å². The molecule has 1 fully saturated rings. The van der Waals surface area contributed by atoms with Gasteiger partial charge in [0.1, 0.15) is 11.8 Å². The summed E-state index contributed by atoms with van der Waals surface area (Å²) in [5, 5.41) is 6.25. The standard InChI is InChI=1S/C25H32ClN3O5S/c1-17(2)16-27-25(31)23(28-24(30)19-5-4-6-21(15-19)34-3)18-11-13-29(14-12-18)35(32,33)22-9-7-20(26)8-10-22/h4-10,15,17-18,23H,11-14,16H2,1-3H3,(H,27,31)(H,28,30). The highest BCUT2D eigenvalue weighted by Crippen LogP contribution is 2.27. The summed E-state index contributed by atoms with van der Waals surface area (Å²) in [5.74, 6) is -0.0774. The summed E-state index contributed by atoms with van der Waals surface area (Å²) in [5.41, 5.74) is 0.383. The number of rotatable bonds is 9. The first-order valence-electron chi connectivity index (χ1n) is 11.6. The first kappa shape index (κ1) is 27.0. The molecule has 8 nitrogen and oxygen atoms in total. The number of hydrogen-bond donors (Lipinski definition) is 2. The van der Waals surface area contributed by atoms with Crippen LogP contribution >= 0.6 is 11.6 Å². The van der Waals surface area contributed by atoms with Gasteiger partial charge in [0.25, 0.3) is 5.91 Å². The molecule has 1 heterocycles. The van der Waals surface area contributed by atoms with Crippen LogP contribution in [0.5, 0.6) is 5.75 Å². The topological polar surface area (TPSA) is 105 Å². The van der Waals surface area contributed by atoms with E-state index in [1.54, 1.807) is 36.4 Å². The summed E-state index contributed by atoms with van der Waals surface area (Å²) < 4.78 is 32.7. The Balaban J connectivity index is 1.74. The van der Waals surface area contributed by atoms with Crippen LogP contribution in [0.4, 0.5) is 0 Å². The summed E-state index contributed by atoms with van der Waals surface area (Å²) in [6.07, 6.45) is 0.871. The minimum atomic E-state index is -3.67. The monoisotopic (exact) mass is 521 g/mol. The number of sulfonamides is 1. The highest BCUT2D eigenvalue weighted by Gasteiger charge is 2.36. The molecule has 0 aliphatic carbocycles. The SMILES string of the molecule is COc1cccc(C(=O)NC(C(=O)NCC(C)C)C2CCN(S(=O)(=O)c3ccc(Cl)cc3)CC2)c1. The van der Waals surface area contributed by atoms with E-state index in [9.17, 15) is 18.0 Å². The van der Waals surface area contributed by atoms with Crippen LogP contribution in [0.2, 0.25) is 5.02 Å². The van der Waals surface area contributed by atoms with Crippen LogP contribution in [-0.4, -0.2) is 57.3 Å². The number of halogens is 1.